The van der Waals surface area contributed by atoms with Crippen LogP contribution in [0.25, 0.3) is 0 Å². The Bertz CT molecular complexity index is 80.6. The fraction of sp³-hybridized carbons (Fsp3) is 0. The van der Waals surface area contributed by atoms with Gasteiger partial charge in [-0.25, -0.2) is 0 Å². The zero-order valence-electron chi connectivity index (χ0n) is 11.5. The molecule has 0 aromatic rings. The molecule has 0 aromatic heterocycles. The predicted molar refractivity (Wildman–Crippen MR) is 57.5 cm³/mol. The first-order chi connectivity index (χ1) is 6.93. The van der Waals surface area contributed by atoms with Gasteiger partial charge in [-0.2, -0.15) is 0 Å². The number of rotatable bonds is 0. The Morgan fingerprint density at radius 3 is 0.273 bits per heavy atom. The van der Waals surface area contributed by atoms with Gasteiger partial charge in [-0.3, -0.25) is 29.3 Å². The molecule has 0 amide bonds. The minimum absolute atomic E-state index is 0. The van der Waals surface area contributed by atoms with E-state index in [-0.39, 0.29) is 216 Å². The fourth-order valence-corrected chi connectivity index (χ4v) is 0. The first kappa shape index (κ1) is 63.0. The van der Waals surface area contributed by atoms with E-state index >= 15 is 0 Å². The molecule has 0 aliphatic carbocycles. The van der Waals surface area contributed by atoms with Crippen molar-refractivity contribution in [2.24, 2.45) is 0 Å². The molecular formula is B4Ba3Mg3O12. The summed E-state index contributed by atoms with van der Waals surface area (Å²) in [5, 5.41) is 101. The molecule has 0 atom stereocenters. The minimum Gasteiger partial charge on any atom is -0.907 e. The summed E-state index contributed by atoms with van der Waals surface area (Å²) in [5.74, 6) is 0. The van der Waals surface area contributed by atoms with Gasteiger partial charge in [0.25, 0.3) is 0 Å². The van der Waals surface area contributed by atoms with E-state index in [4.69, 9.17) is 60.3 Å². The molecule has 0 saturated heterocycles. The van der Waals surface area contributed by atoms with Crippen molar-refractivity contribution in [1.82, 2.24) is 0 Å². The van der Waals surface area contributed by atoms with Crippen molar-refractivity contribution in [3.05, 3.63) is 0 Å². The SMILES string of the molecule is [Ba+2].[Ba+2].[Ba+2].[Mg+2].[Mg+2].[Mg+2].[O-]B([O-])[O-].[O-]B([O-])[O-].[O-]B([O-])[O-].[O-]B([O-])[O-]. The largest absolute Gasteiger partial charge is 2.00 e. The summed E-state index contributed by atoms with van der Waals surface area (Å²) in [7, 11) is -11.7. The smallest absolute Gasteiger partial charge is 0.907 e. The van der Waals surface area contributed by atoms with Crippen LogP contribution in [-0.4, -0.2) is 245 Å². The number of hydrogen-bond acceptors (Lipinski definition) is 12. The van der Waals surface area contributed by atoms with Crippen LogP contribution in [0.4, 0.5) is 0 Å². The zero-order chi connectivity index (χ0) is 14.3. The van der Waals surface area contributed by atoms with Gasteiger partial charge >= 0.3 is 216 Å². The van der Waals surface area contributed by atoms with E-state index in [0.717, 1.165) is 0 Å². The molecule has 0 spiro atoms. The van der Waals surface area contributed by atoms with Crippen LogP contribution in [0.2, 0.25) is 0 Å². The molecule has 0 bridgehead atoms. The molecule has 0 saturated carbocycles. The van der Waals surface area contributed by atoms with Gasteiger partial charge < -0.3 is 60.3 Å². The van der Waals surface area contributed by atoms with Gasteiger partial charge in [-0.05, 0) is 0 Å². The van der Waals surface area contributed by atoms with E-state index < -0.39 is 29.3 Å². The predicted octanol–water partition coefficient (Wildman–Crippen LogP) is -18.1. The third-order valence-corrected chi connectivity index (χ3v) is 0. The first-order valence-electron chi connectivity index (χ1n) is 2.83. The Labute approximate surface area is 297 Å². The molecule has 96 valence electrons. The summed E-state index contributed by atoms with van der Waals surface area (Å²) in [4.78, 5) is 0. The summed E-state index contributed by atoms with van der Waals surface area (Å²) in [6, 6.07) is 0. The maximum Gasteiger partial charge on any atom is 2.00 e. The van der Waals surface area contributed by atoms with Gasteiger partial charge in [0.1, 0.15) is 0 Å². The average molecular weight is 720 g/mol. The van der Waals surface area contributed by atoms with E-state index in [1.54, 1.807) is 0 Å². The molecule has 0 heterocycles. The van der Waals surface area contributed by atoms with Gasteiger partial charge in [0, 0.05) is 0 Å². The normalized spacial score (nSPS) is 4.91. The molecule has 0 N–H and O–H groups in total. The Balaban J connectivity index is -0.00000001000. The van der Waals surface area contributed by atoms with Gasteiger partial charge in [-0.15, -0.1) is 0 Å². The van der Waals surface area contributed by atoms with E-state index in [1.807, 2.05) is 0 Å². The van der Waals surface area contributed by atoms with E-state index in [0.29, 0.717) is 0 Å². The molecule has 0 rings (SSSR count). The second-order valence-corrected chi connectivity index (χ2v) is 1.15. The molecule has 0 fully saturated rings. The quantitative estimate of drug-likeness (QED) is 0.211. The second-order valence-electron chi connectivity index (χ2n) is 1.15. The van der Waals surface area contributed by atoms with Crippen molar-refractivity contribution < 1.29 is 60.3 Å². The molecule has 22 heavy (non-hydrogen) atoms. The first-order valence-corrected chi connectivity index (χ1v) is 2.83. The monoisotopic (exact) mass is 722 g/mol. The summed E-state index contributed by atoms with van der Waals surface area (Å²) < 4.78 is 0. The van der Waals surface area contributed by atoms with Crippen LogP contribution in [-0.2, 0) is 0 Å². The zero-order valence-corrected chi connectivity index (χ0v) is 29.0. The fourth-order valence-electron chi connectivity index (χ4n) is 0. The van der Waals surface area contributed by atoms with Crippen LogP contribution < -0.4 is 60.3 Å². The summed E-state index contributed by atoms with van der Waals surface area (Å²) in [6.45, 7) is 0. The Kier molecular flexibility index (Phi) is 162. The van der Waals surface area contributed by atoms with Crippen molar-refractivity contribution in [2.45, 2.75) is 0 Å². The van der Waals surface area contributed by atoms with Gasteiger partial charge in [0.15, 0.2) is 0 Å². The minimum atomic E-state index is -2.92. The van der Waals surface area contributed by atoms with Crippen molar-refractivity contribution in [2.75, 3.05) is 0 Å². The second kappa shape index (κ2) is 56.5. The summed E-state index contributed by atoms with van der Waals surface area (Å²) in [6.07, 6.45) is 0. The summed E-state index contributed by atoms with van der Waals surface area (Å²) >= 11 is 0. The third-order valence-electron chi connectivity index (χ3n) is 0. The molecule has 0 unspecified atom stereocenters. The molecule has 12 nitrogen and oxygen atoms in total. The van der Waals surface area contributed by atoms with Crippen LogP contribution in [0.5, 0.6) is 0 Å². The van der Waals surface area contributed by atoms with Gasteiger partial charge in [0.2, 0.25) is 0 Å². The van der Waals surface area contributed by atoms with Crippen LogP contribution in [0.3, 0.4) is 0 Å². The van der Waals surface area contributed by atoms with E-state index in [9.17, 15) is 0 Å². The molecule has 22 heteroatoms. The molecule has 0 aliphatic heterocycles. The molecular weight excluding hydrogens is 720 g/mol. The maximum atomic E-state index is 8.42. The van der Waals surface area contributed by atoms with E-state index in [2.05, 4.69) is 0 Å². The van der Waals surface area contributed by atoms with Crippen LogP contribution in [0.15, 0.2) is 0 Å². The Morgan fingerprint density at radius 1 is 0.273 bits per heavy atom. The van der Waals surface area contributed by atoms with Crippen LogP contribution >= 0.6 is 0 Å². The van der Waals surface area contributed by atoms with Crippen molar-refractivity contribution in [3.63, 3.8) is 0 Å². The van der Waals surface area contributed by atoms with Crippen LogP contribution in [0.1, 0.15) is 0 Å². The summed E-state index contributed by atoms with van der Waals surface area (Å²) in [5.41, 5.74) is 0. The topological polar surface area (TPSA) is 277 Å². The molecule has 0 radical (unpaired) electrons. The molecule has 0 aliphatic rings. The maximum absolute atomic E-state index is 8.42. The van der Waals surface area contributed by atoms with Crippen molar-refractivity contribution in [3.8, 4) is 0 Å². The Morgan fingerprint density at radius 2 is 0.273 bits per heavy atom. The van der Waals surface area contributed by atoms with Crippen molar-refractivity contribution >= 4 is 245 Å². The van der Waals surface area contributed by atoms with Gasteiger partial charge in [0.05, 0.1) is 0 Å². The number of hydrogen-bond donors (Lipinski definition) is 0. The standard InChI is InChI=1S/4BO3.3Ba.3Mg/c4*2-1(3)4;;;;;;/q4*-3;6*+2. The molecule has 0 aromatic carbocycles. The third kappa shape index (κ3) is 386. The van der Waals surface area contributed by atoms with Crippen LogP contribution in [0, 0.1) is 0 Å². The van der Waals surface area contributed by atoms with Gasteiger partial charge in [-0.1, -0.05) is 0 Å². The van der Waals surface area contributed by atoms with Crippen molar-refractivity contribution in [1.29, 1.82) is 0 Å². The average Bonchev–Trinajstić information content (AvgIpc) is 1.76. The Hall–Kier alpha value is 6.79. The van der Waals surface area contributed by atoms with E-state index in [1.165, 1.54) is 0 Å².